The maximum absolute atomic E-state index is 10.9. The lowest BCUT2D eigenvalue weighted by molar-refractivity contribution is 0.0690. The summed E-state index contributed by atoms with van der Waals surface area (Å²) in [5.41, 5.74) is -0.130. The molecule has 0 aliphatic heterocycles. The molecule has 0 spiro atoms. The maximum Gasteiger partial charge on any atom is 0.356 e. The number of carbonyl (C=O) groups is 1. The molecule has 0 unspecified atom stereocenters. The van der Waals surface area contributed by atoms with Crippen LogP contribution < -0.4 is 5.32 Å². The summed E-state index contributed by atoms with van der Waals surface area (Å²) < 4.78 is 5.42. The van der Waals surface area contributed by atoms with E-state index in [-0.39, 0.29) is 16.8 Å². The van der Waals surface area contributed by atoms with E-state index in [2.05, 4.69) is 10.3 Å². The van der Waals surface area contributed by atoms with Crippen LogP contribution in [0.3, 0.4) is 0 Å². The SMILES string of the molecule is CC(C)OCCCCNc1ccc(Cl)c(C(=O)O)n1. The van der Waals surface area contributed by atoms with Gasteiger partial charge in [-0.25, -0.2) is 9.78 Å². The summed E-state index contributed by atoms with van der Waals surface area (Å²) >= 11 is 5.74. The number of hydrogen-bond donors (Lipinski definition) is 2. The zero-order valence-corrected chi connectivity index (χ0v) is 11.9. The first kappa shape index (κ1) is 15.7. The Hall–Kier alpha value is -1.33. The first-order valence-corrected chi connectivity index (χ1v) is 6.64. The second-order valence-corrected chi connectivity index (χ2v) is 4.79. The summed E-state index contributed by atoms with van der Waals surface area (Å²) in [6, 6.07) is 3.20. The van der Waals surface area contributed by atoms with Crippen LogP contribution >= 0.6 is 11.6 Å². The number of unbranched alkanes of at least 4 members (excludes halogenated alkanes) is 1. The van der Waals surface area contributed by atoms with Crippen LogP contribution in [0.4, 0.5) is 5.82 Å². The zero-order chi connectivity index (χ0) is 14.3. The molecule has 0 bridgehead atoms. The van der Waals surface area contributed by atoms with Crippen molar-refractivity contribution in [3.63, 3.8) is 0 Å². The molecule has 0 radical (unpaired) electrons. The average molecular weight is 287 g/mol. The smallest absolute Gasteiger partial charge is 0.356 e. The van der Waals surface area contributed by atoms with Crippen molar-refractivity contribution in [3.8, 4) is 0 Å². The van der Waals surface area contributed by atoms with Gasteiger partial charge in [-0.1, -0.05) is 11.6 Å². The molecule has 106 valence electrons. The highest BCUT2D eigenvalue weighted by Crippen LogP contribution is 2.16. The summed E-state index contributed by atoms with van der Waals surface area (Å²) in [5, 5.41) is 12.1. The van der Waals surface area contributed by atoms with Crippen LogP contribution in [0.2, 0.25) is 5.02 Å². The number of hydrogen-bond acceptors (Lipinski definition) is 4. The highest BCUT2D eigenvalue weighted by molar-refractivity contribution is 6.33. The number of rotatable bonds is 8. The van der Waals surface area contributed by atoms with Gasteiger partial charge in [-0.15, -0.1) is 0 Å². The van der Waals surface area contributed by atoms with E-state index in [1.807, 2.05) is 13.8 Å². The number of carboxylic acids is 1. The minimum Gasteiger partial charge on any atom is -0.476 e. The predicted octanol–water partition coefficient (Wildman–Crippen LogP) is 3.05. The van der Waals surface area contributed by atoms with Crippen molar-refractivity contribution in [1.82, 2.24) is 4.98 Å². The monoisotopic (exact) mass is 286 g/mol. The molecule has 6 heteroatoms. The van der Waals surface area contributed by atoms with Gasteiger partial charge in [-0.3, -0.25) is 0 Å². The molecule has 0 aromatic carbocycles. The highest BCUT2D eigenvalue weighted by Gasteiger charge is 2.10. The molecule has 0 fully saturated rings. The van der Waals surface area contributed by atoms with Crippen molar-refractivity contribution in [2.24, 2.45) is 0 Å². The van der Waals surface area contributed by atoms with Crippen LogP contribution in [-0.2, 0) is 4.74 Å². The molecule has 0 aliphatic rings. The fraction of sp³-hybridized carbons (Fsp3) is 0.538. The normalized spacial score (nSPS) is 10.7. The number of anilines is 1. The molecule has 0 saturated carbocycles. The van der Waals surface area contributed by atoms with Gasteiger partial charge < -0.3 is 15.2 Å². The van der Waals surface area contributed by atoms with Gasteiger partial charge in [0.15, 0.2) is 5.69 Å². The molecule has 1 rings (SSSR count). The topological polar surface area (TPSA) is 71.5 Å². The molecule has 0 aliphatic carbocycles. The predicted molar refractivity (Wildman–Crippen MR) is 75.0 cm³/mol. The molecule has 19 heavy (non-hydrogen) atoms. The lowest BCUT2D eigenvalue weighted by Crippen LogP contribution is -2.09. The summed E-state index contributed by atoms with van der Waals surface area (Å²) in [4.78, 5) is 14.8. The van der Waals surface area contributed by atoms with Gasteiger partial charge in [-0.05, 0) is 38.8 Å². The van der Waals surface area contributed by atoms with Gasteiger partial charge in [-0.2, -0.15) is 0 Å². The highest BCUT2D eigenvalue weighted by atomic mass is 35.5. The number of aromatic carboxylic acids is 1. The van der Waals surface area contributed by atoms with Gasteiger partial charge in [0.25, 0.3) is 0 Å². The largest absolute Gasteiger partial charge is 0.476 e. The van der Waals surface area contributed by atoms with Crippen LogP contribution in [-0.4, -0.2) is 35.3 Å². The Bertz CT molecular complexity index is 424. The lowest BCUT2D eigenvalue weighted by atomic mass is 10.3. The molecular weight excluding hydrogens is 268 g/mol. The van der Waals surface area contributed by atoms with Crippen molar-refractivity contribution in [2.45, 2.75) is 32.8 Å². The van der Waals surface area contributed by atoms with Crippen molar-refractivity contribution < 1.29 is 14.6 Å². The fourth-order valence-corrected chi connectivity index (χ4v) is 1.64. The van der Waals surface area contributed by atoms with Crippen LogP contribution in [0, 0.1) is 0 Å². The molecule has 0 saturated heterocycles. The van der Waals surface area contributed by atoms with Crippen molar-refractivity contribution in [2.75, 3.05) is 18.5 Å². The third kappa shape index (κ3) is 5.89. The van der Waals surface area contributed by atoms with Gasteiger partial charge in [0.2, 0.25) is 0 Å². The summed E-state index contributed by atoms with van der Waals surface area (Å²) in [5.74, 6) is -0.606. The molecule has 1 heterocycles. The summed E-state index contributed by atoms with van der Waals surface area (Å²) in [6.45, 7) is 5.45. The van der Waals surface area contributed by atoms with Gasteiger partial charge in [0.1, 0.15) is 5.82 Å². The van der Waals surface area contributed by atoms with Gasteiger partial charge >= 0.3 is 5.97 Å². The quantitative estimate of drug-likeness (QED) is 0.719. The number of nitrogens with one attached hydrogen (secondary N) is 1. The number of nitrogens with zero attached hydrogens (tertiary/aromatic N) is 1. The molecule has 5 nitrogen and oxygen atoms in total. The van der Waals surface area contributed by atoms with E-state index in [1.54, 1.807) is 6.07 Å². The Labute approximate surface area is 117 Å². The Morgan fingerprint density at radius 3 is 2.84 bits per heavy atom. The average Bonchev–Trinajstić information content (AvgIpc) is 2.34. The number of pyridine rings is 1. The van der Waals surface area contributed by atoms with Gasteiger partial charge in [0.05, 0.1) is 11.1 Å². The van der Waals surface area contributed by atoms with E-state index in [0.717, 1.165) is 26.0 Å². The molecule has 2 N–H and O–H groups in total. The van der Waals surface area contributed by atoms with Crippen LogP contribution in [0.15, 0.2) is 12.1 Å². The minimum absolute atomic E-state index is 0.130. The third-order valence-corrected chi connectivity index (χ3v) is 2.68. The summed E-state index contributed by atoms with van der Waals surface area (Å²) in [6.07, 6.45) is 2.13. The van der Waals surface area contributed by atoms with E-state index < -0.39 is 5.97 Å². The first-order valence-electron chi connectivity index (χ1n) is 6.26. The molecule has 0 amide bonds. The number of carboxylic acid groups (broad SMARTS) is 1. The second-order valence-electron chi connectivity index (χ2n) is 4.39. The molecule has 1 aromatic rings. The second kappa shape index (κ2) is 7.96. The molecule has 0 atom stereocenters. The Balaban J connectivity index is 2.34. The van der Waals surface area contributed by atoms with E-state index >= 15 is 0 Å². The van der Waals surface area contributed by atoms with E-state index in [4.69, 9.17) is 21.4 Å². The first-order chi connectivity index (χ1) is 9.00. The zero-order valence-electron chi connectivity index (χ0n) is 11.1. The standard InChI is InChI=1S/C13H19ClN2O3/c1-9(2)19-8-4-3-7-15-11-6-5-10(14)12(16-11)13(17)18/h5-6,9H,3-4,7-8H2,1-2H3,(H,15,16)(H,17,18). The maximum atomic E-state index is 10.9. The van der Waals surface area contributed by atoms with Crippen LogP contribution in [0.5, 0.6) is 0 Å². The Morgan fingerprint density at radius 2 is 2.21 bits per heavy atom. The molecular formula is C13H19ClN2O3. The van der Waals surface area contributed by atoms with Crippen molar-refractivity contribution in [1.29, 1.82) is 0 Å². The Kier molecular flexibility index (Phi) is 6.59. The molecule has 1 aromatic heterocycles. The van der Waals surface area contributed by atoms with E-state index in [0.29, 0.717) is 5.82 Å². The fourth-order valence-electron chi connectivity index (χ4n) is 1.45. The van der Waals surface area contributed by atoms with E-state index in [9.17, 15) is 4.79 Å². The van der Waals surface area contributed by atoms with E-state index in [1.165, 1.54) is 6.07 Å². The number of halogens is 1. The summed E-state index contributed by atoms with van der Waals surface area (Å²) in [7, 11) is 0. The van der Waals surface area contributed by atoms with Crippen LogP contribution in [0.1, 0.15) is 37.2 Å². The Morgan fingerprint density at radius 1 is 1.47 bits per heavy atom. The lowest BCUT2D eigenvalue weighted by Gasteiger charge is -2.09. The number of ether oxygens (including phenoxy) is 1. The third-order valence-electron chi connectivity index (χ3n) is 2.38. The minimum atomic E-state index is -1.13. The van der Waals surface area contributed by atoms with Crippen molar-refractivity contribution in [3.05, 3.63) is 22.8 Å². The van der Waals surface area contributed by atoms with Crippen molar-refractivity contribution >= 4 is 23.4 Å². The van der Waals surface area contributed by atoms with Crippen LogP contribution in [0.25, 0.3) is 0 Å². The number of aromatic nitrogens is 1. The van der Waals surface area contributed by atoms with Gasteiger partial charge in [0, 0.05) is 13.2 Å².